The molecule has 0 aromatic heterocycles. The van der Waals surface area contributed by atoms with Crippen molar-refractivity contribution in [3.8, 4) is 17.6 Å². The number of ketones is 1. The third kappa shape index (κ3) is 5.34. The summed E-state index contributed by atoms with van der Waals surface area (Å²) < 4.78 is 11.1. The minimum absolute atomic E-state index is 0.0293. The number of nitro groups is 1. The van der Waals surface area contributed by atoms with Gasteiger partial charge in [0.2, 0.25) is 0 Å². The number of carbonyl (C=O) groups excluding carboxylic acids is 1. The zero-order valence-electron chi connectivity index (χ0n) is 16.6. The summed E-state index contributed by atoms with van der Waals surface area (Å²) in [5.41, 5.74) is 1.81. The molecule has 154 valence electrons. The fourth-order valence-corrected chi connectivity index (χ4v) is 2.90. The van der Waals surface area contributed by atoms with Crippen molar-refractivity contribution in [1.29, 1.82) is 5.26 Å². The van der Waals surface area contributed by atoms with Gasteiger partial charge in [-0.1, -0.05) is 24.3 Å². The van der Waals surface area contributed by atoms with Gasteiger partial charge in [-0.3, -0.25) is 14.9 Å². The van der Waals surface area contributed by atoms with E-state index in [2.05, 4.69) is 6.07 Å². The predicted octanol–water partition coefficient (Wildman–Crippen LogP) is 4.95. The first-order valence-electron chi connectivity index (χ1n) is 9.27. The second-order valence-electron chi connectivity index (χ2n) is 6.47. The molecule has 0 unspecified atom stereocenters. The number of rotatable bonds is 8. The molecule has 7 heteroatoms. The largest absolute Gasteiger partial charge is 0.496 e. The van der Waals surface area contributed by atoms with Gasteiger partial charge in [0.25, 0.3) is 5.69 Å². The minimum Gasteiger partial charge on any atom is -0.496 e. The molecule has 0 bridgehead atoms. The Bertz CT molecular complexity index is 1180. The van der Waals surface area contributed by atoms with E-state index < -0.39 is 10.7 Å². The Balaban J connectivity index is 1.77. The molecule has 0 saturated carbocycles. The highest BCUT2D eigenvalue weighted by molar-refractivity contribution is 6.09. The van der Waals surface area contributed by atoms with Gasteiger partial charge in [-0.25, -0.2) is 0 Å². The Labute approximate surface area is 178 Å². The lowest BCUT2D eigenvalue weighted by Crippen LogP contribution is -2.01. The second-order valence-corrected chi connectivity index (χ2v) is 6.47. The van der Waals surface area contributed by atoms with Crippen LogP contribution in [0.2, 0.25) is 0 Å². The molecule has 0 heterocycles. The van der Waals surface area contributed by atoms with Crippen LogP contribution in [0.15, 0.2) is 72.8 Å². The van der Waals surface area contributed by atoms with E-state index in [0.717, 1.165) is 5.56 Å². The van der Waals surface area contributed by atoms with Crippen LogP contribution in [0.1, 0.15) is 27.0 Å². The SMILES string of the molecule is COc1ccc(/C=C/C(=O)c2ccccc2[N+](=O)[O-])cc1COc1ccc(C#N)cc1. The topological polar surface area (TPSA) is 102 Å². The Kier molecular flexibility index (Phi) is 6.76. The molecule has 0 spiro atoms. The van der Waals surface area contributed by atoms with Gasteiger partial charge in [-0.2, -0.15) is 5.26 Å². The number of nitro benzene ring substituents is 1. The molecule has 7 nitrogen and oxygen atoms in total. The normalized spacial score (nSPS) is 10.5. The highest BCUT2D eigenvalue weighted by atomic mass is 16.6. The number of benzene rings is 3. The molecule has 3 aromatic rings. The molecule has 0 amide bonds. The van der Waals surface area contributed by atoms with Crippen molar-refractivity contribution < 1.29 is 19.2 Å². The maximum atomic E-state index is 12.5. The number of nitriles is 1. The molecule has 3 aromatic carbocycles. The fourth-order valence-electron chi connectivity index (χ4n) is 2.90. The van der Waals surface area contributed by atoms with Crippen LogP contribution in [0.4, 0.5) is 5.69 Å². The lowest BCUT2D eigenvalue weighted by Gasteiger charge is -2.11. The van der Waals surface area contributed by atoms with Gasteiger partial charge in [-0.05, 0) is 54.1 Å². The van der Waals surface area contributed by atoms with Crippen LogP contribution in [-0.4, -0.2) is 17.8 Å². The molecule has 0 aliphatic carbocycles. The number of methoxy groups -OCH3 is 1. The highest BCUT2D eigenvalue weighted by Gasteiger charge is 2.17. The molecule has 0 atom stereocenters. The molecular formula is C24H18N2O5. The molecule has 0 radical (unpaired) electrons. The van der Waals surface area contributed by atoms with Crippen LogP contribution in [0, 0.1) is 21.4 Å². The van der Waals surface area contributed by atoms with E-state index in [1.165, 1.54) is 24.3 Å². The number of hydrogen-bond acceptors (Lipinski definition) is 6. The molecule has 3 rings (SSSR count). The molecule has 0 fully saturated rings. The summed E-state index contributed by atoms with van der Waals surface area (Å²) in [6.45, 7) is 0.217. The van der Waals surface area contributed by atoms with Crippen molar-refractivity contribution in [1.82, 2.24) is 0 Å². The second kappa shape index (κ2) is 9.85. The van der Waals surface area contributed by atoms with E-state index in [0.29, 0.717) is 22.6 Å². The summed E-state index contributed by atoms with van der Waals surface area (Å²) in [5.74, 6) is 0.767. The van der Waals surface area contributed by atoms with Crippen LogP contribution in [0.3, 0.4) is 0 Å². The van der Waals surface area contributed by atoms with Gasteiger partial charge in [0.05, 0.1) is 29.2 Å². The van der Waals surface area contributed by atoms with Crippen LogP contribution >= 0.6 is 0 Å². The van der Waals surface area contributed by atoms with Gasteiger partial charge in [0, 0.05) is 11.6 Å². The van der Waals surface area contributed by atoms with Gasteiger partial charge < -0.3 is 9.47 Å². The zero-order chi connectivity index (χ0) is 22.2. The first kappa shape index (κ1) is 21.3. The van der Waals surface area contributed by atoms with Crippen LogP contribution in [-0.2, 0) is 6.61 Å². The summed E-state index contributed by atoms with van der Waals surface area (Å²) in [4.78, 5) is 23.0. The third-order valence-corrected chi connectivity index (χ3v) is 4.48. The molecular weight excluding hydrogens is 396 g/mol. The number of carbonyl (C=O) groups is 1. The molecule has 0 saturated heterocycles. The molecule has 31 heavy (non-hydrogen) atoms. The lowest BCUT2D eigenvalue weighted by atomic mass is 10.1. The zero-order valence-corrected chi connectivity index (χ0v) is 16.6. The van der Waals surface area contributed by atoms with E-state index in [4.69, 9.17) is 14.7 Å². The van der Waals surface area contributed by atoms with E-state index in [-0.39, 0.29) is 17.9 Å². The van der Waals surface area contributed by atoms with Crippen molar-refractivity contribution in [3.05, 3.63) is 105 Å². The highest BCUT2D eigenvalue weighted by Crippen LogP contribution is 2.24. The number of para-hydroxylation sites is 1. The monoisotopic (exact) mass is 414 g/mol. The lowest BCUT2D eigenvalue weighted by molar-refractivity contribution is -0.385. The number of nitrogens with zero attached hydrogens (tertiary/aromatic N) is 2. The van der Waals surface area contributed by atoms with Gasteiger partial charge in [-0.15, -0.1) is 0 Å². The number of ether oxygens (including phenoxy) is 2. The van der Waals surface area contributed by atoms with Gasteiger partial charge in [0.15, 0.2) is 5.78 Å². The first-order valence-corrected chi connectivity index (χ1v) is 9.27. The molecule has 0 aliphatic heterocycles. The Morgan fingerprint density at radius 3 is 2.55 bits per heavy atom. The van der Waals surface area contributed by atoms with E-state index in [1.54, 1.807) is 55.7 Å². The van der Waals surface area contributed by atoms with Gasteiger partial charge in [0.1, 0.15) is 18.1 Å². The first-order chi connectivity index (χ1) is 15.0. The summed E-state index contributed by atoms with van der Waals surface area (Å²) in [6.07, 6.45) is 2.89. The smallest absolute Gasteiger partial charge is 0.280 e. The van der Waals surface area contributed by atoms with Crippen molar-refractivity contribution >= 4 is 17.5 Å². The standard InChI is InChI=1S/C24H18N2O5/c1-30-24-13-9-17(8-12-23(27)21-4-2-3-5-22(21)26(28)29)14-19(24)16-31-20-10-6-18(15-25)7-11-20/h2-14H,16H2,1H3/b12-8+. The summed E-state index contributed by atoms with van der Waals surface area (Å²) in [7, 11) is 1.55. The Morgan fingerprint density at radius 1 is 1.13 bits per heavy atom. The fraction of sp³-hybridized carbons (Fsp3) is 0.0833. The van der Waals surface area contributed by atoms with E-state index in [9.17, 15) is 14.9 Å². The summed E-state index contributed by atoms with van der Waals surface area (Å²) in [5, 5.41) is 20.0. The van der Waals surface area contributed by atoms with Gasteiger partial charge >= 0.3 is 0 Å². The number of hydrogen-bond donors (Lipinski definition) is 0. The van der Waals surface area contributed by atoms with Crippen molar-refractivity contribution in [2.75, 3.05) is 7.11 Å². The molecule has 0 aliphatic rings. The maximum absolute atomic E-state index is 12.5. The quantitative estimate of drug-likeness (QED) is 0.224. The number of allylic oxidation sites excluding steroid dienone is 1. The average molecular weight is 414 g/mol. The Morgan fingerprint density at radius 2 is 1.87 bits per heavy atom. The van der Waals surface area contributed by atoms with E-state index in [1.807, 2.05) is 6.07 Å². The van der Waals surface area contributed by atoms with Crippen LogP contribution < -0.4 is 9.47 Å². The van der Waals surface area contributed by atoms with Crippen molar-refractivity contribution in [2.45, 2.75) is 6.61 Å². The predicted molar refractivity (Wildman–Crippen MR) is 115 cm³/mol. The van der Waals surface area contributed by atoms with Crippen LogP contribution in [0.25, 0.3) is 6.08 Å². The molecule has 0 N–H and O–H groups in total. The minimum atomic E-state index is -0.576. The van der Waals surface area contributed by atoms with Crippen LogP contribution in [0.5, 0.6) is 11.5 Å². The van der Waals surface area contributed by atoms with E-state index >= 15 is 0 Å². The summed E-state index contributed by atoms with van der Waals surface area (Å²) in [6, 6.07) is 20.0. The Hall–Kier alpha value is -4.44. The maximum Gasteiger partial charge on any atom is 0.280 e. The van der Waals surface area contributed by atoms with Crippen molar-refractivity contribution in [3.63, 3.8) is 0 Å². The summed E-state index contributed by atoms with van der Waals surface area (Å²) >= 11 is 0. The third-order valence-electron chi connectivity index (χ3n) is 4.48. The average Bonchev–Trinajstić information content (AvgIpc) is 2.81. The van der Waals surface area contributed by atoms with Crippen molar-refractivity contribution in [2.24, 2.45) is 0 Å².